The minimum atomic E-state index is -0.204. The lowest BCUT2D eigenvalue weighted by molar-refractivity contribution is 0.102. The van der Waals surface area contributed by atoms with Gasteiger partial charge in [-0.15, -0.1) is 0 Å². The third-order valence-electron chi connectivity index (χ3n) is 4.34. The molecule has 0 unspecified atom stereocenters. The van der Waals surface area contributed by atoms with Crippen molar-refractivity contribution in [2.75, 3.05) is 19.5 Å². The van der Waals surface area contributed by atoms with Crippen molar-refractivity contribution in [3.05, 3.63) is 83.4 Å². The van der Waals surface area contributed by atoms with Crippen molar-refractivity contribution in [1.29, 1.82) is 0 Å². The molecule has 0 heterocycles. The average molecular weight is 377 g/mol. The first-order valence-electron chi connectivity index (χ1n) is 8.91. The van der Waals surface area contributed by atoms with Crippen molar-refractivity contribution in [2.45, 2.75) is 13.5 Å². The first kappa shape index (κ1) is 19.3. The number of carbonyl (C=O) groups excluding carboxylic acids is 1. The summed E-state index contributed by atoms with van der Waals surface area (Å²) in [6.45, 7) is 2.38. The number of methoxy groups -OCH3 is 2. The summed E-state index contributed by atoms with van der Waals surface area (Å²) in [5.74, 6) is 1.69. The number of carbonyl (C=O) groups is 1. The van der Waals surface area contributed by atoms with Gasteiger partial charge in [0.1, 0.15) is 12.4 Å². The van der Waals surface area contributed by atoms with Crippen LogP contribution in [0.1, 0.15) is 21.5 Å². The maximum absolute atomic E-state index is 12.6. The molecule has 0 aliphatic carbocycles. The molecule has 5 heteroatoms. The van der Waals surface area contributed by atoms with Crippen LogP contribution in [-0.4, -0.2) is 20.1 Å². The van der Waals surface area contributed by atoms with Gasteiger partial charge >= 0.3 is 0 Å². The fourth-order valence-corrected chi connectivity index (χ4v) is 2.75. The van der Waals surface area contributed by atoms with Crippen LogP contribution in [0.25, 0.3) is 0 Å². The number of anilines is 1. The molecule has 1 N–H and O–H groups in total. The highest BCUT2D eigenvalue weighted by Gasteiger charge is 2.12. The highest BCUT2D eigenvalue weighted by atomic mass is 16.5. The van der Waals surface area contributed by atoms with Gasteiger partial charge in [0.05, 0.1) is 14.2 Å². The van der Waals surface area contributed by atoms with Crippen molar-refractivity contribution < 1.29 is 19.0 Å². The van der Waals surface area contributed by atoms with Crippen molar-refractivity contribution in [2.24, 2.45) is 0 Å². The smallest absolute Gasteiger partial charge is 0.255 e. The summed E-state index contributed by atoms with van der Waals surface area (Å²) >= 11 is 0. The summed E-state index contributed by atoms with van der Waals surface area (Å²) in [5, 5.41) is 2.91. The van der Waals surface area contributed by atoms with Gasteiger partial charge in [0.15, 0.2) is 11.5 Å². The third-order valence-corrected chi connectivity index (χ3v) is 4.34. The standard InChI is InChI=1S/C23H23NO4/c1-16-13-21(26-2)22(27-3)14-20(16)24-23(25)18-9-11-19(12-10-18)28-15-17-7-5-4-6-8-17/h4-14H,15H2,1-3H3,(H,24,25). The van der Waals surface area contributed by atoms with Crippen LogP contribution in [0.15, 0.2) is 66.7 Å². The normalized spacial score (nSPS) is 10.2. The van der Waals surface area contributed by atoms with E-state index in [9.17, 15) is 4.79 Å². The van der Waals surface area contributed by atoms with Crippen LogP contribution >= 0.6 is 0 Å². The molecule has 0 radical (unpaired) electrons. The highest BCUT2D eigenvalue weighted by Crippen LogP contribution is 2.33. The van der Waals surface area contributed by atoms with Crippen LogP contribution in [0.5, 0.6) is 17.2 Å². The molecule has 0 bridgehead atoms. The maximum Gasteiger partial charge on any atom is 0.255 e. The number of hydrogen-bond acceptors (Lipinski definition) is 4. The number of ether oxygens (including phenoxy) is 3. The van der Waals surface area contributed by atoms with Crippen LogP contribution in [0.2, 0.25) is 0 Å². The van der Waals surface area contributed by atoms with Gasteiger partial charge in [-0.05, 0) is 48.4 Å². The summed E-state index contributed by atoms with van der Waals surface area (Å²) in [5.41, 5.74) is 3.19. The maximum atomic E-state index is 12.6. The van der Waals surface area contributed by atoms with Gasteiger partial charge in [-0.1, -0.05) is 30.3 Å². The monoisotopic (exact) mass is 377 g/mol. The Morgan fingerprint density at radius 2 is 1.54 bits per heavy atom. The lowest BCUT2D eigenvalue weighted by atomic mass is 10.1. The van der Waals surface area contributed by atoms with E-state index in [2.05, 4.69) is 5.32 Å². The van der Waals surface area contributed by atoms with Gasteiger partial charge in [0.2, 0.25) is 0 Å². The molecular weight excluding hydrogens is 354 g/mol. The van der Waals surface area contributed by atoms with Gasteiger partial charge in [0, 0.05) is 17.3 Å². The Balaban J connectivity index is 1.66. The summed E-state index contributed by atoms with van der Waals surface area (Å²) in [7, 11) is 3.14. The minimum Gasteiger partial charge on any atom is -0.493 e. The fraction of sp³-hybridized carbons (Fsp3) is 0.174. The second kappa shape index (κ2) is 8.95. The molecule has 0 saturated carbocycles. The molecule has 3 aromatic rings. The van der Waals surface area contributed by atoms with E-state index in [1.807, 2.05) is 43.3 Å². The molecule has 0 atom stereocenters. The zero-order valence-corrected chi connectivity index (χ0v) is 16.2. The Morgan fingerprint density at radius 3 is 2.18 bits per heavy atom. The molecule has 144 valence electrons. The summed E-state index contributed by atoms with van der Waals surface area (Å²) < 4.78 is 16.3. The first-order chi connectivity index (χ1) is 13.6. The van der Waals surface area contributed by atoms with Crippen molar-refractivity contribution in [1.82, 2.24) is 0 Å². The van der Waals surface area contributed by atoms with Crippen molar-refractivity contribution in [3.63, 3.8) is 0 Å². The first-order valence-corrected chi connectivity index (χ1v) is 8.91. The Bertz CT molecular complexity index is 937. The van der Waals surface area contributed by atoms with Crippen molar-refractivity contribution in [3.8, 4) is 17.2 Å². The van der Waals surface area contributed by atoms with E-state index in [1.54, 1.807) is 44.6 Å². The van der Waals surface area contributed by atoms with E-state index < -0.39 is 0 Å². The van der Waals surface area contributed by atoms with Crippen LogP contribution < -0.4 is 19.5 Å². The molecule has 0 spiro atoms. The highest BCUT2D eigenvalue weighted by molar-refractivity contribution is 6.04. The second-order valence-corrected chi connectivity index (χ2v) is 6.27. The lowest BCUT2D eigenvalue weighted by Gasteiger charge is -2.14. The molecule has 0 aliphatic heterocycles. The molecular formula is C23H23NO4. The number of hydrogen-bond donors (Lipinski definition) is 1. The van der Waals surface area contributed by atoms with Gasteiger partial charge in [0.25, 0.3) is 5.91 Å². The zero-order valence-electron chi connectivity index (χ0n) is 16.2. The summed E-state index contributed by atoms with van der Waals surface area (Å²) in [6, 6.07) is 20.6. The van der Waals surface area contributed by atoms with E-state index in [-0.39, 0.29) is 5.91 Å². The molecule has 28 heavy (non-hydrogen) atoms. The Kier molecular flexibility index (Phi) is 6.17. The van der Waals surface area contributed by atoms with E-state index in [0.717, 1.165) is 11.1 Å². The molecule has 0 aliphatic rings. The van der Waals surface area contributed by atoms with E-state index in [4.69, 9.17) is 14.2 Å². The zero-order chi connectivity index (χ0) is 19.9. The third kappa shape index (κ3) is 4.62. The van der Waals surface area contributed by atoms with Crippen LogP contribution in [0.3, 0.4) is 0 Å². The molecule has 3 aromatic carbocycles. The van der Waals surface area contributed by atoms with Crippen LogP contribution in [0, 0.1) is 6.92 Å². The largest absolute Gasteiger partial charge is 0.493 e. The Hall–Kier alpha value is -3.47. The second-order valence-electron chi connectivity index (χ2n) is 6.27. The summed E-state index contributed by atoms with van der Waals surface area (Å²) in [4.78, 5) is 12.6. The number of aryl methyl sites for hydroxylation is 1. The van der Waals surface area contributed by atoms with E-state index >= 15 is 0 Å². The SMILES string of the molecule is COc1cc(C)c(NC(=O)c2ccc(OCc3ccccc3)cc2)cc1OC. The quantitative estimate of drug-likeness (QED) is 0.640. The molecule has 0 saturated heterocycles. The predicted molar refractivity (Wildman–Crippen MR) is 109 cm³/mol. The molecule has 5 nitrogen and oxygen atoms in total. The van der Waals surface area contributed by atoms with Gasteiger partial charge in [-0.3, -0.25) is 4.79 Å². The van der Waals surface area contributed by atoms with Gasteiger partial charge < -0.3 is 19.5 Å². The Labute approximate surface area is 164 Å². The minimum absolute atomic E-state index is 0.204. The lowest BCUT2D eigenvalue weighted by Crippen LogP contribution is -2.13. The van der Waals surface area contributed by atoms with Crippen LogP contribution in [-0.2, 0) is 6.61 Å². The topological polar surface area (TPSA) is 56.8 Å². The van der Waals surface area contributed by atoms with E-state index in [1.165, 1.54) is 0 Å². The van der Waals surface area contributed by atoms with Gasteiger partial charge in [-0.2, -0.15) is 0 Å². The van der Waals surface area contributed by atoms with Crippen molar-refractivity contribution >= 4 is 11.6 Å². The number of nitrogens with one attached hydrogen (secondary N) is 1. The molecule has 0 fully saturated rings. The number of amides is 1. The van der Waals surface area contributed by atoms with E-state index in [0.29, 0.717) is 35.1 Å². The van der Waals surface area contributed by atoms with Crippen LogP contribution in [0.4, 0.5) is 5.69 Å². The summed E-state index contributed by atoms with van der Waals surface area (Å²) in [6.07, 6.45) is 0. The predicted octanol–water partition coefficient (Wildman–Crippen LogP) is 4.84. The number of benzene rings is 3. The fourth-order valence-electron chi connectivity index (χ4n) is 2.75. The number of rotatable bonds is 7. The average Bonchev–Trinajstić information content (AvgIpc) is 2.74. The molecule has 1 amide bonds. The van der Waals surface area contributed by atoms with Gasteiger partial charge in [-0.25, -0.2) is 0 Å². The Morgan fingerprint density at radius 1 is 0.893 bits per heavy atom. The molecule has 0 aromatic heterocycles. The molecule has 3 rings (SSSR count).